The van der Waals surface area contributed by atoms with Crippen LogP contribution in [0.1, 0.15) is 91.9 Å². The van der Waals surface area contributed by atoms with Gasteiger partial charge in [-0.2, -0.15) is 0 Å². The summed E-state index contributed by atoms with van der Waals surface area (Å²) in [5, 5.41) is 8.69. The third kappa shape index (κ3) is 7.04. The molecule has 4 nitrogen and oxygen atoms in total. The zero-order valence-electron chi connectivity index (χ0n) is 22.7. The molecular formula is C34H39N3O. The summed E-state index contributed by atoms with van der Waals surface area (Å²) in [6.45, 7) is 5.43. The first kappa shape index (κ1) is 26.0. The van der Waals surface area contributed by atoms with E-state index in [4.69, 9.17) is 4.74 Å². The number of anilines is 1. The first-order valence-electron chi connectivity index (χ1n) is 14.5. The highest BCUT2D eigenvalue weighted by Crippen LogP contribution is 2.35. The van der Waals surface area contributed by atoms with E-state index < -0.39 is 0 Å². The van der Waals surface area contributed by atoms with Gasteiger partial charge in [-0.1, -0.05) is 63.2 Å². The summed E-state index contributed by atoms with van der Waals surface area (Å²) < 4.78 is 5.88. The molecule has 0 amide bonds. The SMILES string of the molecule is CCCCCCCCOc1ccc(/C=C/c2ccc(C#Cc3cc4c5c(c3)CCCN5CCC4)nn2)cc1. The van der Waals surface area contributed by atoms with E-state index in [1.165, 1.54) is 74.8 Å². The Bertz CT molecular complexity index is 1250. The minimum Gasteiger partial charge on any atom is -0.494 e. The average molecular weight is 506 g/mol. The summed E-state index contributed by atoms with van der Waals surface area (Å²) in [4.78, 5) is 2.56. The van der Waals surface area contributed by atoms with Crippen molar-refractivity contribution in [2.24, 2.45) is 0 Å². The molecule has 3 aromatic rings. The number of hydrogen-bond donors (Lipinski definition) is 0. The van der Waals surface area contributed by atoms with E-state index in [2.05, 4.69) is 64.2 Å². The average Bonchev–Trinajstić information content (AvgIpc) is 2.96. The van der Waals surface area contributed by atoms with Gasteiger partial charge in [0, 0.05) is 24.3 Å². The molecule has 0 bridgehead atoms. The molecule has 0 radical (unpaired) electrons. The lowest BCUT2D eigenvalue weighted by Gasteiger charge is -2.37. The van der Waals surface area contributed by atoms with Crippen LogP contribution in [-0.2, 0) is 12.8 Å². The molecule has 1 aromatic heterocycles. The molecule has 3 heterocycles. The second-order valence-corrected chi connectivity index (χ2v) is 10.4. The van der Waals surface area contributed by atoms with Crippen molar-refractivity contribution in [2.75, 3.05) is 24.6 Å². The topological polar surface area (TPSA) is 38.2 Å². The van der Waals surface area contributed by atoms with Crippen LogP contribution in [0.15, 0.2) is 48.5 Å². The number of ether oxygens (including phenoxy) is 1. The van der Waals surface area contributed by atoms with Gasteiger partial charge in [0.05, 0.1) is 12.3 Å². The molecule has 0 aliphatic carbocycles. The summed E-state index contributed by atoms with van der Waals surface area (Å²) in [5.41, 5.74) is 8.12. The Balaban J connectivity index is 1.13. The lowest BCUT2D eigenvalue weighted by Crippen LogP contribution is -2.34. The maximum atomic E-state index is 5.88. The van der Waals surface area contributed by atoms with Gasteiger partial charge in [0.1, 0.15) is 11.4 Å². The summed E-state index contributed by atoms with van der Waals surface area (Å²) in [6.07, 6.45) is 16.5. The highest BCUT2D eigenvalue weighted by molar-refractivity contribution is 5.68. The van der Waals surface area contributed by atoms with Crippen molar-refractivity contribution in [3.63, 3.8) is 0 Å². The van der Waals surface area contributed by atoms with Crippen molar-refractivity contribution >= 4 is 17.8 Å². The molecule has 0 saturated carbocycles. The predicted octanol–water partition coefficient (Wildman–Crippen LogP) is 7.48. The number of nitrogens with zero attached hydrogens (tertiary/aromatic N) is 3. The molecule has 2 aliphatic rings. The van der Waals surface area contributed by atoms with Gasteiger partial charge in [-0.15, -0.1) is 10.2 Å². The molecular weight excluding hydrogens is 466 g/mol. The number of rotatable bonds is 10. The van der Waals surface area contributed by atoms with Crippen LogP contribution < -0.4 is 9.64 Å². The summed E-state index contributed by atoms with van der Waals surface area (Å²) in [7, 11) is 0. The number of aryl methyl sites for hydroxylation is 2. The van der Waals surface area contributed by atoms with Crippen molar-refractivity contribution < 1.29 is 4.74 Å². The van der Waals surface area contributed by atoms with Gasteiger partial charge >= 0.3 is 0 Å². The van der Waals surface area contributed by atoms with Crippen LogP contribution in [0.5, 0.6) is 5.75 Å². The van der Waals surface area contributed by atoms with Crippen LogP contribution in [0.3, 0.4) is 0 Å². The van der Waals surface area contributed by atoms with Crippen LogP contribution in [0.4, 0.5) is 5.69 Å². The highest BCUT2D eigenvalue weighted by Gasteiger charge is 2.23. The second-order valence-electron chi connectivity index (χ2n) is 10.4. The number of hydrogen-bond acceptors (Lipinski definition) is 4. The van der Waals surface area contributed by atoms with E-state index in [9.17, 15) is 0 Å². The largest absolute Gasteiger partial charge is 0.494 e. The maximum absolute atomic E-state index is 5.88. The summed E-state index contributed by atoms with van der Waals surface area (Å²) in [6, 6.07) is 16.7. The van der Waals surface area contributed by atoms with Crippen molar-refractivity contribution in [3.8, 4) is 17.6 Å². The number of benzene rings is 2. The fourth-order valence-corrected chi connectivity index (χ4v) is 5.44. The lowest BCUT2D eigenvalue weighted by atomic mass is 9.90. The smallest absolute Gasteiger partial charge is 0.136 e. The molecule has 196 valence electrons. The first-order chi connectivity index (χ1) is 18.8. The van der Waals surface area contributed by atoms with Crippen molar-refractivity contribution in [1.82, 2.24) is 10.2 Å². The summed E-state index contributed by atoms with van der Waals surface area (Å²) in [5.74, 6) is 7.48. The standard InChI is InChI=1S/C34H39N3O/c1-2-3-4-5-6-7-24-38-33-20-14-27(15-21-33)12-16-31-18-19-32(36-35-31)17-13-28-25-29-10-8-22-37-23-9-11-30(26-28)34(29)37/h12,14-16,18-21,25-26H,2-11,22-24H2,1H3/b16-12+. The van der Waals surface area contributed by atoms with Crippen LogP contribution in [0.2, 0.25) is 0 Å². The van der Waals surface area contributed by atoms with Gasteiger partial charge in [-0.3, -0.25) is 0 Å². The Hall–Kier alpha value is -3.58. The second kappa shape index (κ2) is 13.3. The molecule has 0 unspecified atom stereocenters. The Kier molecular flexibility index (Phi) is 9.11. The van der Waals surface area contributed by atoms with E-state index in [-0.39, 0.29) is 0 Å². The molecule has 0 N–H and O–H groups in total. The highest BCUT2D eigenvalue weighted by atomic mass is 16.5. The molecule has 2 aliphatic heterocycles. The van der Waals surface area contributed by atoms with Crippen molar-refractivity contribution in [3.05, 3.63) is 82.2 Å². The quantitative estimate of drug-likeness (QED) is 0.211. The van der Waals surface area contributed by atoms with Crippen molar-refractivity contribution in [1.29, 1.82) is 0 Å². The molecule has 2 aromatic carbocycles. The zero-order valence-corrected chi connectivity index (χ0v) is 22.7. The lowest BCUT2D eigenvalue weighted by molar-refractivity contribution is 0.304. The van der Waals surface area contributed by atoms with Crippen molar-refractivity contribution in [2.45, 2.75) is 71.1 Å². The van der Waals surface area contributed by atoms with Gasteiger partial charge in [0.25, 0.3) is 0 Å². The van der Waals surface area contributed by atoms with E-state index in [0.29, 0.717) is 5.69 Å². The third-order valence-electron chi connectivity index (χ3n) is 7.45. The number of aromatic nitrogens is 2. The predicted molar refractivity (Wildman–Crippen MR) is 158 cm³/mol. The summed E-state index contributed by atoms with van der Waals surface area (Å²) >= 11 is 0. The molecule has 0 saturated heterocycles. The molecule has 0 spiro atoms. The van der Waals surface area contributed by atoms with Crippen LogP contribution in [-0.4, -0.2) is 29.9 Å². The molecule has 38 heavy (non-hydrogen) atoms. The molecule has 0 fully saturated rings. The van der Waals surface area contributed by atoms with Crippen LogP contribution in [0, 0.1) is 11.8 Å². The molecule has 4 heteroatoms. The minimum absolute atomic E-state index is 0.696. The van der Waals surface area contributed by atoms with E-state index in [1.807, 2.05) is 30.3 Å². The normalized spacial score (nSPS) is 14.2. The minimum atomic E-state index is 0.696. The zero-order chi connectivity index (χ0) is 26.0. The van der Waals surface area contributed by atoms with Crippen LogP contribution >= 0.6 is 0 Å². The third-order valence-corrected chi connectivity index (χ3v) is 7.45. The fraction of sp³-hybridized carbons (Fsp3) is 0.412. The molecule has 5 rings (SSSR count). The van der Waals surface area contributed by atoms with Gasteiger partial charge in [0.2, 0.25) is 0 Å². The first-order valence-corrected chi connectivity index (χ1v) is 14.5. The van der Waals surface area contributed by atoms with E-state index in [1.54, 1.807) is 0 Å². The van der Waals surface area contributed by atoms with Gasteiger partial charge < -0.3 is 9.64 Å². The fourth-order valence-electron chi connectivity index (χ4n) is 5.44. The Morgan fingerprint density at radius 3 is 2.26 bits per heavy atom. The Morgan fingerprint density at radius 2 is 1.55 bits per heavy atom. The van der Waals surface area contributed by atoms with Crippen LogP contribution in [0.25, 0.3) is 12.2 Å². The Morgan fingerprint density at radius 1 is 0.816 bits per heavy atom. The van der Waals surface area contributed by atoms with Gasteiger partial charge in [-0.05, 0) is 97.2 Å². The Labute approximate surface area is 228 Å². The van der Waals surface area contributed by atoms with E-state index in [0.717, 1.165) is 48.4 Å². The number of unbranched alkanes of at least 4 members (excludes halogenated alkanes) is 5. The van der Waals surface area contributed by atoms with Gasteiger partial charge in [0.15, 0.2) is 0 Å². The van der Waals surface area contributed by atoms with E-state index >= 15 is 0 Å². The maximum Gasteiger partial charge on any atom is 0.136 e. The molecule has 0 atom stereocenters. The monoisotopic (exact) mass is 505 g/mol. The van der Waals surface area contributed by atoms with Gasteiger partial charge in [-0.25, -0.2) is 0 Å².